The van der Waals surface area contributed by atoms with Gasteiger partial charge in [0.25, 0.3) is 0 Å². The Balaban J connectivity index is 1.39. The summed E-state index contributed by atoms with van der Waals surface area (Å²) in [6, 6.07) is 15.6. The molecule has 41 heavy (non-hydrogen) atoms. The van der Waals surface area contributed by atoms with Crippen LogP contribution in [-0.2, 0) is 11.2 Å². The third-order valence-corrected chi connectivity index (χ3v) is 6.79. The van der Waals surface area contributed by atoms with Crippen molar-refractivity contribution in [3.63, 3.8) is 0 Å². The van der Waals surface area contributed by atoms with Crippen LogP contribution in [-0.4, -0.2) is 67.5 Å². The number of nitrogens with zero attached hydrogens (tertiary/aromatic N) is 1. The van der Waals surface area contributed by atoms with Gasteiger partial charge in [0.1, 0.15) is 18.5 Å². The van der Waals surface area contributed by atoms with E-state index in [-0.39, 0.29) is 43.2 Å². The molecule has 1 aliphatic rings. The number of carboxylic acids is 1. The summed E-state index contributed by atoms with van der Waals surface area (Å²) in [5.41, 5.74) is 2.69. The number of hydrogen-bond acceptors (Lipinski definition) is 6. The van der Waals surface area contributed by atoms with Crippen molar-refractivity contribution in [3.8, 4) is 17.2 Å². The molecule has 3 N–H and O–H groups in total. The molecule has 11 heteroatoms. The average molecular weight is 566 g/mol. The number of alkyl halides is 1. The number of carbonyl (C=O) groups is 3. The van der Waals surface area contributed by atoms with E-state index < -0.39 is 24.2 Å². The number of carbonyl (C=O) groups excluding carboxylic acids is 2. The zero-order valence-corrected chi connectivity index (χ0v) is 23.0. The number of anilines is 2. The molecule has 0 radical (unpaired) electrons. The van der Waals surface area contributed by atoms with Crippen LogP contribution in [0.25, 0.3) is 0 Å². The number of nitrogens with one attached hydrogen (secondary N) is 2. The molecule has 3 aromatic carbocycles. The largest absolute Gasteiger partial charge is 0.495 e. The van der Waals surface area contributed by atoms with Gasteiger partial charge < -0.3 is 34.9 Å². The molecular formula is C30H32FN3O7. The van der Waals surface area contributed by atoms with Gasteiger partial charge in [0.15, 0.2) is 11.5 Å². The topological polar surface area (TPSA) is 126 Å². The number of likely N-dealkylation sites (tertiary alicyclic amines) is 1. The average Bonchev–Trinajstić information content (AvgIpc) is 3.34. The Morgan fingerprint density at radius 1 is 0.951 bits per heavy atom. The lowest BCUT2D eigenvalue weighted by atomic mass is 10.1. The molecule has 3 amide bonds. The van der Waals surface area contributed by atoms with Crippen LogP contribution in [0.1, 0.15) is 27.9 Å². The molecule has 1 saturated heterocycles. The number of aromatic carboxylic acids is 1. The molecule has 1 fully saturated rings. The standard InChI is InChI=1S/C30H32FN3O7/c1-18-6-4-5-7-23(18)32-30(38)33-24-10-8-19(12-26(24)39-2)13-28(35)34-16-21(31)15-22(34)17-41-25-11-9-20(29(36)37)14-27(25)40-3/h4-12,14,21-22H,13,15-17H2,1-3H3,(H,36,37)(H2,32,33,38)/t21?,22-/m0/s1. The Labute approximate surface area is 237 Å². The zero-order valence-electron chi connectivity index (χ0n) is 23.0. The molecule has 1 unspecified atom stereocenters. The minimum absolute atomic E-state index is 0.00804. The summed E-state index contributed by atoms with van der Waals surface area (Å²) >= 11 is 0. The highest BCUT2D eigenvalue weighted by atomic mass is 19.1. The minimum atomic E-state index is -1.20. The number of aryl methyl sites for hydroxylation is 1. The highest BCUT2D eigenvalue weighted by Gasteiger charge is 2.36. The second-order valence-corrected chi connectivity index (χ2v) is 9.62. The first-order valence-electron chi connectivity index (χ1n) is 13.0. The zero-order chi connectivity index (χ0) is 29.5. The molecule has 1 aliphatic heterocycles. The quantitative estimate of drug-likeness (QED) is 0.319. The summed E-state index contributed by atoms with van der Waals surface area (Å²) in [6.45, 7) is 1.84. The van der Waals surface area contributed by atoms with E-state index in [1.165, 1.54) is 37.3 Å². The number of rotatable bonds is 10. The SMILES string of the molecule is COc1cc(CC(=O)N2CC(F)C[C@H]2COc2ccc(C(=O)O)cc2OC)ccc1NC(=O)Nc1ccccc1C. The van der Waals surface area contributed by atoms with Crippen molar-refractivity contribution in [2.45, 2.75) is 32.0 Å². The van der Waals surface area contributed by atoms with Gasteiger partial charge in [0.05, 0.1) is 44.5 Å². The predicted molar refractivity (Wildman–Crippen MR) is 151 cm³/mol. The molecule has 0 saturated carbocycles. The molecule has 0 aliphatic carbocycles. The van der Waals surface area contributed by atoms with Gasteiger partial charge in [-0.2, -0.15) is 0 Å². The van der Waals surface area contributed by atoms with Crippen LogP contribution < -0.4 is 24.8 Å². The molecule has 216 valence electrons. The molecule has 2 atom stereocenters. The van der Waals surface area contributed by atoms with Gasteiger partial charge in [0, 0.05) is 12.1 Å². The summed E-state index contributed by atoms with van der Waals surface area (Å²) < 4.78 is 30.9. The van der Waals surface area contributed by atoms with Gasteiger partial charge in [0.2, 0.25) is 5.91 Å². The molecule has 0 bridgehead atoms. The lowest BCUT2D eigenvalue weighted by Gasteiger charge is -2.25. The number of methoxy groups -OCH3 is 2. The van der Waals surface area contributed by atoms with Crippen molar-refractivity contribution < 1.29 is 38.1 Å². The lowest BCUT2D eigenvalue weighted by Crippen LogP contribution is -2.40. The van der Waals surface area contributed by atoms with E-state index in [0.29, 0.717) is 28.4 Å². The van der Waals surface area contributed by atoms with Crippen molar-refractivity contribution in [1.29, 1.82) is 0 Å². The highest BCUT2D eigenvalue weighted by Crippen LogP contribution is 2.31. The maximum atomic E-state index is 14.4. The van der Waals surface area contributed by atoms with Gasteiger partial charge in [-0.15, -0.1) is 0 Å². The molecular weight excluding hydrogens is 533 g/mol. The van der Waals surface area contributed by atoms with E-state index in [4.69, 9.17) is 14.2 Å². The normalized spacial score (nSPS) is 16.1. The first-order chi connectivity index (χ1) is 19.7. The van der Waals surface area contributed by atoms with Crippen molar-refractivity contribution in [3.05, 3.63) is 77.4 Å². The number of benzene rings is 3. The Hall–Kier alpha value is -4.80. The third-order valence-electron chi connectivity index (χ3n) is 6.79. The van der Waals surface area contributed by atoms with Gasteiger partial charge in [-0.1, -0.05) is 24.3 Å². The minimum Gasteiger partial charge on any atom is -0.495 e. The summed E-state index contributed by atoms with van der Waals surface area (Å²) in [7, 11) is 2.85. The summed E-state index contributed by atoms with van der Waals surface area (Å²) in [4.78, 5) is 38.4. The Morgan fingerprint density at radius 2 is 1.68 bits per heavy atom. The molecule has 3 aromatic rings. The number of amides is 3. The summed E-state index contributed by atoms with van der Waals surface area (Å²) in [6.07, 6.45) is -1.09. The van der Waals surface area contributed by atoms with Crippen LogP contribution in [0.2, 0.25) is 0 Å². The van der Waals surface area contributed by atoms with Gasteiger partial charge in [-0.05, 0) is 54.4 Å². The van der Waals surface area contributed by atoms with Crippen molar-refractivity contribution in [2.24, 2.45) is 0 Å². The monoisotopic (exact) mass is 565 g/mol. The fourth-order valence-electron chi connectivity index (χ4n) is 4.64. The second-order valence-electron chi connectivity index (χ2n) is 9.62. The second kappa shape index (κ2) is 13.0. The fourth-order valence-corrected chi connectivity index (χ4v) is 4.64. The van der Waals surface area contributed by atoms with Crippen LogP contribution in [0.4, 0.5) is 20.6 Å². The number of ether oxygens (including phenoxy) is 3. The lowest BCUT2D eigenvalue weighted by molar-refractivity contribution is -0.132. The van der Waals surface area contributed by atoms with Crippen molar-refractivity contribution in [1.82, 2.24) is 4.90 Å². The Morgan fingerprint density at radius 3 is 2.39 bits per heavy atom. The Bertz CT molecular complexity index is 1430. The van der Waals surface area contributed by atoms with Gasteiger partial charge in [-0.25, -0.2) is 14.0 Å². The van der Waals surface area contributed by atoms with Crippen LogP contribution in [0.5, 0.6) is 17.2 Å². The molecule has 4 rings (SSSR count). The third kappa shape index (κ3) is 7.24. The Kier molecular flexibility index (Phi) is 9.28. The van der Waals surface area contributed by atoms with Gasteiger partial charge in [-0.3, -0.25) is 4.79 Å². The maximum absolute atomic E-state index is 14.4. The van der Waals surface area contributed by atoms with Crippen LogP contribution in [0.3, 0.4) is 0 Å². The summed E-state index contributed by atoms with van der Waals surface area (Å²) in [5.74, 6) is -0.491. The maximum Gasteiger partial charge on any atom is 0.335 e. The van der Waals surface area contributed by atoms with Crippen LogP contribution in [0.15, 0.2) is 60.7 Å². The van der Waals surface area contributed by atoms with Crippen LogP contribution >= 0.6 is 0 Å². The number of urea groups is 1. The van der Waals surface area contributed by atoms with E-state index in [1.807, 2.05) is 25.1 Å². The van der Waals surface area contributed by atoms with E-state index in [0.717, 1.165) is 5.56 Å². The molecule has 0 spiro atoms. The molecule has 1 heterocycles. The number of para-hydroxylation sites is 1. The van der Waals surface area contributed by atoms with E-state index in [2.05, 4.69) is 10.6 Å². The summed E-state index contributed by atoms with van der Waals surface area (Å²) in [5, 5.41) is 14.7. The van der Waals surface area contributed by atoms with Crippen molar-refractivity contribution >= 4 is 29.3 Å². The number of halogens is 1. The highest BCUT2D eigenvalue weighted by molar-refractivity contribution is 6.01. The smallest absolute Gasteiger partial charge is 0.335 e. The van der Waals surface area contributed by atoms with E-state index in [1.54, 1.807) is 24.3 Å². The van der Waals surface area contributed by atoms with E-state index in [9.17, 15) is 23.9 Å². The van der Waals surface area contributed by atoms with Crippen molar-refractivity contribution in [2.75, 3.05) is 38.0 Å². The first kappa shape index (κ1) is 29.2. The van der Waals surface area contributed by atoms with Gasteiger partial charge >= 0.3 is 12.0 Å². The number of carboxylic acid groups (broad SMARTS) is 1. The molecule has 0 aromatic heterocycles. The fraction of sp³-hybridized carbons (Fsp3) is 0.300. The van der Waals surface area contributed by atoms with Crippen LogP contribution in [0, 0.1) is 6.92 Å². The van der Waals surface area contributed by atoms with E-state index >= 15 is 0 Å². The number of hydrogen-bond donors (Lipinski definition) is 3. The molecule has 10 nitrogen and oxygen atoms in total. The predicted octanol–water partition coefficient (Wildman–Crippen LogP) is 4.91. The first-order valence-corrected chi connectivity index (χ1v) is 13.0.